The zero-order valence-corrected chi connectivity index (χ0v) is 12.2. The Hall–Kier alpha value is -1.33. The fraction of sp³-hybridized carbons (Fsp3) is 0.588. The lowest BCUT2D eigenvalue weighted by molar-refractivity contribution is 0.184. The molecule has 1 aromatic carbocycles. The van der Waals surface area contributed by atoms with E-state index in [1.165, 1.54) is 30.5 Å². The fourth-order valence-electron chi connectivity index (χ4n) is 3.09. The third-order valence-corrected chi connectivity index (χ3v) is 4.41. The van der Waals surface area contributed by atoms with Crippen LogP contribution < -0.4 is 0 Å². The van der Waals surface area contributed by atoms with Crippen molar-refractivity contribution in [3.63, 3.8) is 0 Å². The Morgan fingerprint density at radius 2 is 1.95 bits per heavy atom. The van der Waals surface area contributed by atoms with Crippen LogP contribution in [0.5, 0.6) is 0 Å². The lowest BCUT2D eigenvalue weighted by atomic mass is 9.72. The normalized spacial score (nSPS) is 19.0. The maximum absolute atomic E-state index is 9.71. The molecule has 0 N–H and O–H groups in total. The molecule has 0 amide bonds. The number of unbranched alkanes of at least 4 members (excludes halogenated alkanes) is 1. The number of benzene rings is 1. The third kappa shape index (κ3) is 2.98. The van der Waals surface area contributed by atoms with Gasteiger partial charge in [-0.05, 0) is 56.9 Å². The maximum Gasteiger partial charge on any atom is 0.0849 e. The predicted octanol–water partition coefficient (Wildman–Crippen LogP) is 3.65. The molecule has 1 aromatic rings. The van der Waals surface area contributed by atoms with E-state index in [1.54, 1.807) is 0 Å². The summed E-state index contributed by atoms with van der Waals surface area (Å²) in [5, 5.41) is 9.71. The monoisotopic (exact) mass is 256 g/mol. The molecule has 0 saturated carbocycles. The van der Waals surface area contributed by atoms with E-state index < -0.39 is 0 Å². The molecule has 1 heterocycles. The summed E-state index contributed by atoms with van der Waals surface area (Å²) in [4.78, 5) is 2.51. The van der Waals surface area contributed by atoms with Crippen LogP contribution in [0.15, 0.2) is 24.3 Å². The first-order valence-electron chi connectivity index (χ1n) is 7.41. The lowest BCUT2D eigenvalue weighted by Crippen LogP contribution is -2.42. The zero-order chi connectivity index (χ0) is 13.7. The Labute approximate surface area is 117 Å². The summed E-state index contributed by atoms with van der Waals surface area (Å²) in [6.45, 7) is 7.66. The Balaban J connectivity index is 2.11. The van der Waals surface area contributed by atoms with Crippen molar-refractivity contribution in [1.82, 2.24) is 4.90 Å². The number of hydrogen-bond acceptors (Lipinski definition) is 2. The number of rotatable bonds is 4. The standard InChI is InChI=1S/C17H24N2/c1-3-4-11-19-12-9-17(14-18,10-13-19)16-8-6-5-7-15(16)2/h5-8H,3-4,9-13H2,1-2H3. The Bertz CT molecular complexity index is 451. The van der Waals surface area contributed by atoms with Gasteiger partial charge in [0.05, 0.1) is 11.5 Å². The summed E-state index contributed by atoms with van der Waals surface area (Å²) in [5.41, 5.74) is 2.24. The molecule has 0 unspecified atom stereocenters. The van der Waals surface area contributed by atoms with Gasteiger partial charge in [0.1, 0.15) is 0 Å². The average molecular weight is 256 g/mol. The molecule has 2 heteroatoms. The molecule has 19 heavy (non-hydrogen) atoms. The lowest BCUT2D eigenvalue weighted by Gasteiger charge is -2.38. The van der Waals surface area contributed by atoms with E-state index in [-0.39, 0.29) is 5.41 Å². The third-order valence-electron chi connectivity index (χ3n) is 4.41. The number of likely N-dealkylation sites (tertiary alicyclic amines) is 1. The molecule has 2 rings (SSSR count). The van der Waals surface area contributed by atoms with Crippen molar-refractivity contribution in [3.05, 3.63) is 35.4 Å². The summed E-state index contributed by atoms with van der Waals surface area (Å²) in [6, 6.07) is 11.0. The molecule has 0 atom stereocenters. The summed E-state index contributed by atoms with van der Waals surface area (Å²) in [5.74, 6) is 0. The highest BCUT2D eigenvalue weighted by molar-refractivity contribution is 5.39. The highest BCUT2D eigenvalue weighted by atomic mass is 15.1. The van der Waals surface area contributed by atoms with E-state index in [0.717, 1.165) is 25.9 Å². The molecule has 1 aliphatic heterocycles. The van der Waals surface area contributed by atoms with Gasteiger partial charge in [0, 0.05) is 0 Å². The van der Waals surface area contributed by atoms with Gasteiger partial charge in [-0.25, -0.2) is 0 Å². The molecule has 0 spiro atoms. The molecular weight excluding hydrogens is 232 g/mol. The molecule has 102 valence electrons. The summed E-state index contributed by atoms with van der Waals surface area (Å²) in [6.07, 6.45) is 4.46. The van der Waals surface area contributed by atoms with Gasteiger partial charge in [-0.15, -0.1) is 0 Å². The van der Waals surface area contributed by atoms with E-state index >= 15 is 0 Å². The van der Waals surface area contributed by atoms with E-state index in [2.05, 4.69) is 49.1 Å². The summed E-state index contributed by atoms with van der Waals surface area (Å²) >= 11 is 0. The van der Waals surface area contributed by atoms with Gasteiger partial charge >= 0.3 is 0 Å². The van der Waals surface area contributed by atoms with E-state index in [0.29, 0.717) is 0 Å². The van der Waals surface area contributed by atoms with Crippen LogP contribution in [0.4, 0.5) is 0 Å². The van der Waals surface area contributed by atoms with Crippen LogP contribution in [-0.4, -0.2) is 24.5 Å². The molecule has 0 aliphatic carbocycles. The van der Waals surface area contributed by atoms with Gasteiger partial charge in [-0.1, -0.05) is 37.6 Å². The van der Waals surface area contributed by atoms with Crippen LogP contribution in [0, 0.1) is 18.3 Å². The molecule has 1 fully saturated rings. The minimum absolute atomic E-state index is 0.256. The van der Waals surface area contributed by atoms with Crippen LogP contribution >= 0.6 is 0 Å². The molecular formula is C17H24N2. The average Bonchev–Trinajstić information content (AvgIpc) is 2.46. The molecule has 2 nitrogen and oxygen atoms in total. The van der Waals surface area contributed by atoms with Gasteiger partial charge in [-0.3, -0.25) is 0 Å². The van der Waals surface area contributed by atoms with Crippen molar-refractivity contribution < 1.29 is 0 Å². The van der Waals surface area contributed by atoms with Gasteiger partial charge < -0.3 is 4.90 Å². The Kier molecular flexibility index (Phi) is 4.61. The van der Waals surface area contributed by atoms with Crippen LogP contribution in [-0.2, 0) is 5.41 Å². The maximum atomic E-state index is 9.71. The highest BCUT2D eigenvalue weighted by Crippen LogP contribution is 2.36. The predicted molar refractivity (Wildman–Crippen MR) is 79.1 cm³/mol. The minimum atomic E-state index is -0.256. The molecule has 1 saturated heterocycles. The number of hydrogen-bond donors (Lipinski definition) is 0. The Morgan fingerprint density at radius 1 is 1.26 bits per heavy atom. The van der Waals surface area contributed by atoms with Crippen molar-refractivity contribution >= 4 is 0 Å². The SMILES string of the molecule is CCCCN1CCC(C#N)(c2ccccc2C)CC1. The van der Waals surface area contributed by atoms with Crippen LogP contribution in [0.2, 0.25) is 0 Å². The molecule has 1 aliphatic rings. The highest BCUT2D eigenvalue weighted by Gasteiger charge is 2.37. The van der Waals surface area contributed by atoms with E-state index in [4.69, 9.17) is 0 Å². The summed E-state index contributed by atoms with van der Waals surface area (Å²) < 4.78 is 0. The number of nitrogens with zero attached hydrogens (tertiary/aromatic N) is 2. The van der Waals surface area contributed by atoms with Crippen molar-refractivity contribution in [2.75, 3.05) is 19.6 Å². The smallest absolute Gasteiger partial charge is 0.0849 e. The molecule has 0 bridgehead atoms. The Morgan fingerprint density at radius 3 is 2.53 bits per heavy atom. The van der Waals surface area contributed by atoms with Crippen molar-refractivity contribution in [2.24, 2.45) is 0 Å². The largest absolute Gasteiger partial charge is 0.303 e. The van der Waals surface area contributed by atoms with Crippen LogP contribution in [0.1, 0.15) is 43.7 Å². The first-order valence-corrected chi connectivity index (χ1v) is 7.41. The first kappa shape index (κ1) is 14.1. The second-order valence-electron chi connectivity index (χ2n) is 5.70. The van der Waals surface area contributed by atoms with Crippen molar-refractivity contribution in [2.45, 2.75) is 44.9 Å². The van der Waals surface area contributed by atoms with Crippen LogP contribution in [0.25, 0.3) is 0 Å². The van der Waals surface area contributed by atoms with Crippen molar-refractivity contribution in [1.29, 1.82) is 5.26 Å². The summed E-state index contributed by atoms with van der Waals surface area (Å²) in [7, 11) is 0. The van der Waals surface area contributed by atoms with Crippen molar-refractivity contribution in [3.8, 4) is 6.07 Å². The van der Waals surface area contributed by atoms with E-state index in [9.17, 15) is 5.26 Å². The second kappa shape index (κ2) is 6.21. The first-order chi connectivity index (χ1) is 9.22. The van der Waals surface area contributed by atoms with Gasteiger partial charge in [0.25, 0.3) is 0 Å². The van der Waals surface area contributed by atoms with Gasteiger partial charge in [0.2, 0.25) is 0 Å². The topological polar surface area (TPSA) is 27.0 Å². The quantitative estimate of drug-likeness (QED) is 0.822. The van der Waals surface area contributed by atoms with Gasteiger partial charge in [0.15, 0.2) is 0 Å². The fourth-order valence-corrected chi connectivity index (χ4v) is 3.09. The van der Waals surface area contributed by atoms with Gasteiger partial charge in [-0.2, -0.15) is 5.26 Å². The zero-order valence-electron chi connectivity index (χ0n) is 12.2. The molecule has 0 aromatic heterocycles. The second-order valence-corrected chi connectivity index (χ2v) is 5.70. The minimum Gasteiger partial charge on any atom is -0.303 e. The number of nitriles is 1. The molecule has 0 radical (unpaired) electrons. The number of piperidine rings is 1. The van der Waals surface area contributed by atoms with Crippen LogP contribution in [0.3, 0.4) is 0 Å². The number of aryl methyl sites for hydroxylation is 1. The van der Waals surface area contributed by atoms with E-state index in [1.807, 2.05) is 0 Å².